The first-order valence-corrected chi connectivity index (χ1v) is 20.6. The molecule has 0 aromatic rings. The first kappa shape index (κ1) is 42.8. The van der Waals surface area contributed by atoms with Gasteiger partial charge in [-0.1, -0.05) is 128 Å². The van der Waals surface area contributed by atoms with E-state index in [-0.39, 0.29) is 24.1 Å². The normalized spacial score (nSPS) is 15.4. The molecule has 0 atom stereocenters. The molecule has 0 spiro atoms. The molecule has 0 radical (unpaired) electrons. The molecule has 0 aromatic carbocycles. The van der Waals surface area contributed by atoms with Gasteiger partial charge in [0.2, 0.25) is 0 Å². The van der Waals surface area contributed by atoms with Crippen LogP contribution in [0.4, 0.5) is 9.59 Å². The van der Waals surface area contributed by atoms with Crippen molar-refractivity contribution in [2.45, 2.75) is 193 Å². The fourth-order valence-electron chi connectivity index (χ4n) is 7.07. The summed E-state index contributed by atoms with van der Waals surface area (Å²) in [7, 11) is 0. The standard InChI is InChI=1S/C40H72N2O7/c43-37(29-21-11-7-3-1-5-9-13-23-31-41-39(45)47-33-35-25-17-15-18-26-35)49-38(44)30-22-12-8-4-2-6-10-14-24-32-42-40(46)48-34-36-27-19-16-20-28-36/h35-36H,1-34H2,(H,41,45)(H,42,46). The summed E-state index contributed by atoms with van der Waals surface area (Å²) in [6.45, 7) is 2.50. The summed E-state index contributed by atoms with van der Waals surface area (Å²) >= 11 is 0. The second-order valence-corrected chi connectivity index (χ2v) is 14.8. The molecule has 2 amide bonds. The van der Waals surface area contributed by atoms with Crippen LogP contribution in [0.1, 0.15) is 193 Å². The SMILES string of the molecule is O=C(CCCCCCCCCCCNC(=O)OCC1CCCCC1)OC(=O)CCCCCCCCCCCNC(=O)OCC1CCCCC1. The third-order valence-corrected chi connectivity index (χ3v) is 10.2. The maximum Gasteiger partial charge on any atom is 0.407 e. The molecule has 2 rings (SSSR count). The van der Waals surface area contributed by atoms with Crippen molar-refractivity contribution in [1.29, 1.82) is 0 Å². The Morgan fingerprint density at radius 1 is 0.408 bits per heavy atom. The number of alkyl carbamates (subject to hydrolysis) is 2. The van der Waals surface area contributed by atoms with Crippen LogP contribution in [-0.4, -0.2) is 50.4 Å². The molecule has 49 heavy (non-hydrogen) atoms. The van der Waals surface area contributed by atoms with Gasteiger partial charge in [0.05, 0.1) is 13.2 Å². The van der Waals surface area contributed by atoms with E-state index < -0.39 is 0 Å². The number of esters is 2. The van der Waals surface area contributed by atoms with Gasteiger partial charge in [0.25, 0.3) is 0 Å². The molecule has 284 valence electrons. The average Bonchev–Trinajstić information content (AvgIpc) is 3.11. The van der Waals surface area contributed by atoms with Gasteiger partial charge in [0.15, 0.2) is 0 Å². The van der Waals surface area contributed by atoms with Crippen LogP contribution in [0.15, 0.2) is 0 Å². The van der Waals surface area contributed by atoms with Gasteiger partial charge in [-0.2, -0.15) is 0 Å². The number of unbranched alkanes of at least 4 members (excludes halogenated alkanes) is 16. The lowest BCUT2D eigenvalue weighted by molar-refractivity contribution is -0.159. The minimum Gasteiger partial charge on any atom is -0.449 e. The molecule has 2 saturated carbocycles. The largest absolute Gasteiger partial charge is 0.449 e. The monoisotopic (exact) mass is 693 g/mol. The van der Waals surface area contributed by atoms with Crippen molar-refractivity contribution in [2.75, 3.05) is 26.3 Å². The second-order valence-electron chi connectivity index (χ2n) is 14.8. The van der Waals surface area contributed by atoms with Crippen LogP contribution in [0.3, 0.4) is 0 Å². The predicted molar refractivity (Wildman–Crippen MR) is 195 cm³/mol. The highest BCUT2D eigenvalue weighted by molar-refractivity contribution is 5.85. The van der Waals surface area contributed by atoms with Crippen LogP contribution < -0.4 is 10.6 Å². The van der Waals surface area contributed by atoms with Crippen LogP contribution >= 0.6 is 0 Å². The summed E-state index contributed by atoms with van der Waals surface area (Å²) in [6, 6.07) is 0. The maximum atomic E-state index is 12.0. The first-order chi connectivity index (χ1) is 24.0. The molecule has 9 heteroatoms. The van der Waals surface area contributed by atoms with E-state index in [1.54, 1.807) is 0 Å². The minimum absolute atomic E-state index is 0.269. The Labute approximate surface area is 298 Å². The van der Waals surface area contributed by atoms with E-state index in [1.807, 2.05) is 0 Å². The van der Waals surface area contributed by atoms with Crippen molar-refractivity contribution in [3.05, 3.63) is 0 Å². The summed E-state index contributed by atoms with van der Waals surface area (Å²) in [6.07, 6.45) is 31.9. The van der Waals surface area contributed by atoms with Crippen molar-refractivity contribution in [3.8, 4) is 0 Å². The number of carbonyl (C=O) groups is 4. The van der Waals surface area contributed by atoms with Crippen molar-refractivity contribution >= 4 is 24.1 Å². The predicted octanol–water partition coefficient (Wildman–Crippen LogP) is 10.5. The highest BCUT2D eigenvalue weighted by atomic mass is 16.6. The van der Waals surface area contributed by atoms with Crippen LogP contribution in [-0.2, 0) is 23.8 Å². The highest BCUT2D eigenvalue weighted by Crippen LogP contribution is 2.24. The average molecular weight is 693 g/mol. The summed E-state index contributed by atoms with van der Waals surface area (Å²) in [4.78, 5) is 47.6. The quantitative estimate of drug-likeness (QED) is 0.0362. The van der Waals surface area contributed by atoms with Crippen LogP contribution in [0.5, 0.6) is 0 Å². The van der Waals surface area contributed by atoms with Crippen molar-refractivity contribution in [1.82, 2.24) is 10.6 Å². The number of amides is 2. The molecule has 2 N–H and O–H groups in total. The van der Waals surface area contributed by atoms with Gasteiger partial charge in [0, 0.05) is 25.9 Å². The number of hydrogen-bond donors (Lipinski definition) is 2. The maximum absolute atomic E-state index is 12.0. The third kappa shape index (κ3) is 26.2. The molecule has 0 bridgehead atoms. The van der Waals surface area contributed by atoms with Gasteiger partial charge in [-0.15, -0.1) is 0 Å². The minimum atomic E-state index is -0.386. The molecule has 0 unspecified atom stereocenters. The Bertz CT molecular complexity index is 788. The molecular weight excluding hydrogens is 620 g/mol. The van der Waals surface area contributed by atoms with Gasteiger partial charge < -0.3 is 24.8 Å². The van der Waals surface area contributed by atoms with Gasteiger partial charge in [-0.25, -0.2) is 9.59 Å². The van der Waals surface area contributed by atoms with Crippen LogP contribution in [0, 0.1) is 11.8 Å². The highest BCUT2D eigenvalue weighted by Gasteiger charge is 2.16. The van der Waals surface area contributed by atoms with Gasteiger partial charge in [-0.05, 0) is 63.2 Å². The Kier molecular flexibility index (Phi) is 26.7. The molecule has 0 heterocycles. The Morgan fingerprint density at radius 2 is 0.714 bits per heavy atom. The van der Waals surface area contributed by atoms with Gasteiger partial charge in [-0.3, -0.25) is 9.59 Å². The lowest BCUT2D eigenvalue weighted by Gasteiger charge is -2.21. The van der Waals surface area contributed by atoms with E-state index in [1.165, 1.54) is 103 Å². The molecule has 2 aliphatic rings. The molecule has 9 nitrogen and oxygen atoms in total. The smallest absolute Gasteiger partial charge is 0.407 e. The van der Waals surface area contributed by atoms with Gasteiger partial charge in [0.1, 0.15) is 0 Å². The topological polar surface area (TPSA) is 120 Å². The zero-order valence-corrected chi connectivity index (χ0v) is 31.1. The van der Waals surface area contributed by atoms with Crippen molar-refractivity contribution in [2.24, 2.45) is 11.8 Å². The van der Waals surface area contributed by atoms with Crippen LogP contribution in [0.25, 0.3) is 0 Å². The van der Waals surface area contributed by atoms with E-state index in [4.69, 9.17) is 14.2 Å². The lowest BCUT2D eigenvalue weighted by atomic mass is 9.90. The van der Waals surface area contributed by atoms with Crippen molar-refractivity contribution < 1.29 is 33.4 Å². The Morgan fingerprint density at radius 3 is 1.06 bits per heavy atom. The Hall–Kier alpha value is -2.32. The number of nitrogens with one attached hydrogen (secondary N) is 2. The molecule has 0 aliphatic heterocycles. The Balaban J connectivity index is 1.23. The number of rotatable bonds is 28. The number of hydrogen-bond acceptors (Lipinski definition) is 7. The zero-order valence-electron chi connectivity index (χ0n) is 31.1. The number of carbonyl (C=O) groups excluding carboxylic acids is 4. The van der Waals surface area contributed by atoms with E-state index in [0.29, 0.717) is 51.0 Å². The lowest BCUT2D eigenvalue weighted by Crippen LogP contribution is -2.27. The summed E-state index contributed by atoms with van der Waals surface area (Å²) in [5, 5.41) is 5.75. The molecule has 2 aliphatic carbocycles. The molecular formula is C40H72N2O7. The van der Waals surface area contributed by atoms with E-state index in [2.05, 4.69) is 10.6 Å². The second kappa shape index (κ2) is 30.5. The fourth-order valence-corrected chi connectivity index (χ4v) is 7.07. The summed E-state index contributed by atoms with van der Waals surface area (Å²) < 4.78 is 15.7. The number of ether oxygens (including phenoxy) is 3. The zero-order chi connectivity index (χ0) is 35.0. The summed E-state index contributed by atoms with van der Waals surface area (Å²) in [5.74, 6) is 0.334. The molecule has 0 aromatic heterocycles. The van der Waals surface area contributed by atoms with Crippen LogP contribution in [0.2, 0.25) is 0 Å². The van der Waals surface area contributed by atoms with Gasteiger partial charge >= 0.3 is 24.1 Å². The van der Waals surface area contributed by atoms with E-state index in [9.17, 15) is 19.2 Å². The molecule has 0 saturated heterocycles. The van der Waals surface area contributed by atoms with E-state index in [0.717, 1.165) is 77.0 Å². The van der Waals surface area contributed by atoms with Crippen molar-refractivity contribution in [3.63, 3.8) is 0 Å². The summed E-state index contributed by atoms with van der Waals surface area (Å²) in [5.41, 5.74) is 0. The third-order valence-electron chi connectivity index (χ3n) is 10.2. The fraction of sp³-hybridized carbons (Fsp3) is 0.900. The van der Waals surface area contributed by atoms with E-state index >= 15 is 0 Å². The molecule has 2 fully saturated rings. The first-order valence-electron chi connectivity index (χ1n) is 20.6.